The molecule has 4 aromatic carbocycles. The number of aromatic nitrogens is 9. The predicted octanol–water partition coefficient (Wildman–Crippen LogP) is 9.56. The molecule has 5 heterocycles. The zero-order valence-corrected chi connectivity index (χ0v) is 39.1. The Hall–Kier alpha value is -8.33. The number of fused-ring (bicyclic) bond motifs is 2. The molecular weight excluding hydrogens is 851 g/mol. The number of nitrogens with two attached hydrogens (primary N) is 2. The van der Waals surface area contributed by atoms with E-state index in [1.807, 2.05) is 97.9 Å². The number of amides is 2. The molecule has 342 valence electrons. The second-order valence-corrected chi connectivity index (χ2v) is 18.6. The summed E-state index contributed by atoms with van der Waals surface area (Å²) in [6, 6.07) is 32.6. The molecule has 15 nitrogen and oxygen atoms in total. The maximum Gasteiger partial charge on any atom is 0.259 e. The Morgan fingerprint density at radius 1 is 0.632 bits per heavy atom. The molecule has 0 spiro atoms. The Labute approximate surface area is 394 Å². The van der Waals surface area contributed by atoms with E-state index in [-0.39, 0.29) is 35.3 Å². The van der Waals surface area contributed by atoms with E-state index in [2.05, 4.69) is 80.1 Å². The minimum absolute atomic E-state index is 0.192. The molecule has 0 fully saturated rings. The quantitative estimate of drug-likeness (QED) is 0.105. The number of nitrogens with one attached hydrogen (secondary N) is 1. The summed E-state index contributed by atoms with van der Waals surface area (Å²) in [5.41, 5.74) is 19.8. The molecule has 5 aromatic heterocycles. The van der Waals surface area contributed by atoms with E-state index in [1.54, 1.807) is 49.0 Å². The SMILES string of the molecule is CC(CCC(C)(C)n1c(-c2ccccc2C(=O)N(C)c2ccccn2)nc2cc(-c3cnc(N)nc3)ccc21)NC(=O)c1ccccc1-c1nc2cc(-c3cnc(N)nc3)ccc2n1C(C)(C)C. The first-order valence-electron chi connectivity index (χ1n) is 22.5. The highest BCUT2D eigenvalue weighted by Gasteiger charge is 2.31. The maximum absolute atomic E-state index is 14.4. The van der Waals surface area contributed by atoms with E-state index >= 15 is 0 Å². The van der Waals surface area contributed by atoms with Crippen LogP contribution < -0.4 is 21.7 Å². The average molecular weight is 904 g/mol. The molecule has 1 unspecified atom stereocenters. The molecule has 0 bridgehead atoms. The van der Waals surface area contributed by atoms with E-state index in [0.29, 0.717) is 47.0 Å². The Morgan fingerprint density at radius 3 is 1.68 bits per heavy atom. The second-order valence-electron chi connectivity index (χ2n) is 18.6. The number of nitrogen functional groups attached to an aromatic ring is 2. The molecule has 0 aliphatic heterocycles. The van der Waals surface area contributed by atoms with Gasteiger partial charge in [0.1, 0.15) is 17.5 Å². The van der Waals surface area contributed by atoms with Crippen LogP contribution in [0.15, 0.2) is 134 Å². The zero-order valence-electron chi connectivity index (χ0n) is 39.1. The molecule has 0 aliphatic rings. The number of anilines is 3. The monoisotopic (exact) mass is 903 g/mol. The lowest BCUT2D eigenvalue weighted by atomic mass is 9.93. The predicted molar refractivity (Wildman–Crippen MR) is 269 cm³/mol. The lowest BCUT2D eigenvalue weighted by Gasteiger charge is -2.31. The maximum atomic E-state index is 14.4. The first-order valence-corrected chi connectivity index (χ1v) is 22.5. The van der Waals surface area contributed by atoms with Crippen LogP contribution in [0.4, 0.5) is 17.7 Å². The number of nitrogens with zero attached hydrogens (tertiary/aromatic N) is 10. The van der Waals surface area contributed by atoms with Gasteiger partial charge in [-0.3, -0.25) is 14.5 Å². The summed E-state index contributed by atoms with van der Waals surface area (Å²) < 4.78 is 4.40. The van der Waals surface area contributed by atoms with E-state index in [0.717, 1.165) is 49.9 Å². The van der Waals surface area contributed by atoms with Crippen LogP contribution in [-0.2, 0) is 11.1 Å². The lowest BCUT2D eigenvalue weighted by molar-refractivity contribution is 0.0935. The van der Waals surface area contributed by atoms with Crippen molar-refractivity contribution >= 4 is 51.6 Å². The van der Waals surface area contributed by atoms with Crippen molar-refractivity contribution in [3.05, 3.63) is 145 Å². The molecule has 15 heteroatoms. The largest absolute Gasteiger partial charge is 0.368 e. The van der Waals surface area contributed by atoms with Crippen LogP contribution in [-0.4, -0.2) is 68.9 Å². The van der Waals surface area contributed by atoms with Gasteiger partial charge in [0, 0.05) is 77.4 Å². The number of hydrogen-bond donors (Lipinski definition) is 3. The molecular formula is C53H53N13O2. The molecule has 0 radical (unpaired) electrons. The van der Waals surface area contributed by atoms with Crippen LogP contribution in [0.1, 0.15) is 75.1 Å². The summed E-state index contributed by atoms with van der Waals surface area (Å²) in [6.07, 6.45) is 9.72. The van der Waals surface area contributed by atoms with E-state index in [9.17, 15) is 9.59 Å². The smallest absolute Gasteiger partial charge is 0.259 e. The third-order valence-corrected chi connectivity index (χ3v) is 12.3. The summed E-state index contributed by atoms with van der Waals surface area (Å²) in [4.78, 5) is 61.9. The molecule has 68 heavy (non-hydrogen) atoms. The summed E-state index contributed by atoms with van der Waals surface area (Å²) in [6.45, 7) is 12.7. The van der Waals surface area contributed by atoms with Gasteiger partial charge in [-0.05, 0) is 114 Å². The van der Waals surface area contributed by atoms with Crippen LogP contribution >= 0.6 is 0 Å². The zero-order chi connectivity index (χ0) is 47.9. The number of hydrogen-bond acceptors (Lipinski definition) is 11. The Balaban J connectivity index is 1.03. The topological polar surface area (TPSA) is 202 Å². The number of pyridine rings is 1. The Morgan fingerprint density at radius 2 is 1.13 bits per heavy atom. The Kier molecular flexibility index (Phi) is 11.7. The fraction of sp³-hybridized carbons (Fsp3) is 0.226. The van der Waals surface area contributed by atoms with Crippen LogP contribution in [0.3, 0.4) is 0 Å². The summed E-state index contributed by atoms with van der Waals surface area (Å²) in [5.74, 6) is 1.84. The lowest BCUT2D eigenvalue weighted by Crippen LogP contribution is -2.36. The number of benzene rings is 4. The van der Waals surface area contributed by atoms with Crippen molar-refractivity contribution in [1.82, 2.24) is 49.3 Å². The van der Waals surface area contributed by atoms with Crippen molar-refractivity contribution in [2.75, 3.05) is 23.4 Å². The van der Waals surface area contributed by atoms with E-state index in [1.165, 1.54) is 0 Å². The van der Waals surface area contributed by atoms with Crippen LogP contribution in [0.5, 0.6) is 0 Å². The minimum Gasteiger partial charge on any atom is -0.368 e. The van der Waals surface area contributed by atoms with Gasteiger partial charge >= 0.3 is 0 Å². The van der Waals surface area contributed by atoms with Gasteiger partial charge < -0.3 is 25.9 Å². The first-order chi connectivity index (χ1) is 32.6. The van der Waals surface area contributed by atoms with Crippen molar-refractivity contribution in [1.29, 1.82) is 0 Å². The van der Waals surface area contributed by atoms with Gasteiger partial charge in [0.15, 0.2) is 0 Å². The fourth-order valence-corrected chi connectivity index (χ4v) is 8.78. The number of imidazole rings is 2. The van der Waals surface area contributed by atoms with Crippen molar-refractivity contribution in [2.45, 2.75) is 71.5 Å². The molecule has 5 N–H and O–H groups in total. The van der Waals surface area contributed by atoms with Crippen LogP contribution in [0.2, 0.25) is 0 Å². The van der Waals surface area contributed by atoms with Gasteiger partial charge in [0.05, 0.1) is 33.2 Å². The van der Waals surface area contributed by atoms with Crippen molar-refractivity contribution in [3.63, 3.8) is 0 Å². The number of carbonyl (C=O) groups excluding carboxylic acids is 2. The van der Waals surface area contributed by atoms with Gasteiger partial charge in [0.25, 0.3) is 11.8 Å². The van der Waals surface area contributed by atoms with Crippen molar-refractivity contribution < 1.29 is 9.59 Å². The van der Waals surface area contributed by atoms with E-state index in [4.69, 9.17) is 21.4 Å². The highest BCUT2D eigenvalue weighted by atomic mass is 16.2. The summed E-state index contributed by atoms with van der Waals surface area (Å²) >= 11 is 0. The summed E-state index contributed by atoms with van der Waals surface area (Å²) in [7, 11) is 1.72. The van der Waals surface area contributed by atoms with Gasteiger partial charge in [0.2, 0.25) is 11.9 Å². The van der Waals surface area contributed by atoms with Crippen molar-refractivity contribution in [3.8, 4) is 45.0 Å². The minimum atomic E-state index is -0.565. The van der Waals surface area contributed by atoms with Gasteiger partial charge in [-0.25, -0.2) is 34.9 Å². The summed E-state index contributed by atoms with van der Waals surface area (Å²) in [5, 5.41) is 3.31. The molecule has 0 aliphatic carbocycles. The van der Waals surface area contributed by atoms with Crippen LogP contribution in [0.25, 0.3) is 67.1 Å². The first kappa shape index (κ1) is 44.9. The third-order valence-electron chi connectivity index (χ3n) is 12.3. The highest BCUT2D eigenvalue weighted by Crippen LogP contribution is 2.39. The van der Waals surface area contributed by atoms with E-state index < -0.39 is 5.54 Å². The van der Waals surface area contributed by atoms with Gasteiger partial charge in [-0.1, -0.05) is 54.6 Å². The van der Waals surface area contributed by atoms with Gasteiger partial charge in [-0.2, -0.15) is 0 Å². The average Bonchev–Trinajstić information content (AvgIpc) is 3.93. The highest BCUT2D eigenvalue weighted by molar-refractivity contribution is 6.09. The molecule has 1 atom stereocenters. The number of carbonyl (C=O) groups is 2. The molecule has 9 aromatic rings. The molecule has 9 rings (SSSR count). The molecule has 0 saturated carbocycles. The second kappa shape index (κ2) is 17.8. The molecule has 2 amide bonds. The normalized spacial score (nSPS) is 12.3. The fourth-order valence-electron chi connectivity index (χ4n) is 8.78. The van der Waals surface area contributed by atoms with Crippen LogP contribution in [0, 0.1) is 0 Å². The third kappa shape index (κ3) is 8.73. The Bertz CT molecular complexity index is 3320. The number of rotatable bonds is 12. The molecule has 0 saturated heterocycles. The van der Waals surface area contributed by atoms with Gasteiger partial charge in [-0.15, -0.1) is 0 Å². The standard InChI is InChI=1S/C53H53N13O2/c1-32(61-48(67)39-16-10-8-14-37(39)46-62-41-26-33(35-28-57-50(54)58-29-35)19-21-43(41)65(46)52(2,3)4)23-24-53(5,6)66-44-22-20-34(36-30-59-51(55)60-31-36)27-42(44)63-47(66)38-15-9-11-17-40(38)49(68)64(7)45-18-12-13-25-56-45/h8-22,25-32H,23-24H2,1-7H3,(H,61,67)(H2,54,57,58)(H2,55,59,60). The van der Waals surface area contributed by atoms with Crippen molar-refractivity contribution in [2.24, 2.45) is 0 Å².